The minimum Gasteiger partial charge on any atom is -0.335 e. The first-order valence-electron chi connectivity index (χ1n) is 8.63. The standard InChI is InChI=1S/C19H20N4O2/c24-18-4-3-15-2-1-14(11-16(15)18)13-22-7-9-23(10-8-22)19(25)17-12-20-5-6-21-17/h1-2,5-6,11-12H,3-4,7-10,13H2. The van der Waals surface area contributed by atoms with Gasteiger partial charge >= 0.3 is 0 Å². The zero-order valence-corrected chi connectivity index (χ0v) is 14.0. The second-order valence-electron chi connectivity index (χ2n) is 6.57. The first kappa shape index (κ1) is 15.9. The van der Waals surface area contributed by atoms with E-state index in [-0.39, 0.29) is 11.7 Å². The summed E-state index contributed by atoms with van der Waals surface area (Å²) in [7, 11) is 0. The number of aromatic nitrogens is 2. The van der Waals surface area contributed by atoms with E-state index in [1.807, 2.05) is 11.0 Å². The van der Waals surface area contributed by atoms with E-state index >= 15 is 0 Å². The Balaban J connectivity index is 1.36. The summed E-state index contributed by atoms with van der Waals surface area (Å²) in [5, 5.41) is 0. The highest BCUT2D eigenvalue weighted by Crippen LogP contribution is 2.23. The molecule has 2 aromatic rings. The van der Waals surface area contributed by atoms with Crippen LogP contribution in [-0.4, -0.2) is 57.6 Å². The Morgan fingerprint density at radius 2 is 1.92 bits per heavy atom. The molecule has 2 aliphatic rings. The van der Waals surface area contributed by atoms with Gasteiger partial charge in [-0.25, -0.2) is 4.98 Å². The van der Waals surface area contributed by atoms with E-state index in [2.05, 4.69) is 27.0 Å². The summed E-state index contributed by atoms with van der Waals surface area (Å²) in [6.07, 6.45) is 6.13. The van der Waals surface area contributed by atoms with Crippen molar-refractivity contribution in [3.63, 3.8) is 0 Å². The van der Waals surface area contributed by atoms with Crippen molar-refractivity contribution >= 4 is 11.7 Å². The van der Waals surface area contributed by atoms with Crippen LogP contribution in [0, 0.1) is 0 Å². The van der Waals surface area contributed by atoms with Crippen LogP contribution in [0.1, 0.15) is 38.4 Å². The van der Waals surface area contributed by atoms with Crippen LogP contribution in [-0.2, 0) is 13.0 Å². The molecular weight excluding hydrogens is 316 g/mol. The van der Waals surface area contributed by atoms with Crippen molar-refractivity contribution in [2.45, 2.75) is 19.4 Å². The summed E-state index contributed by atoms with van der Waals surface area (Å²) < 4.78 is 0. The predicted molar refractivity (Wildman–Crippen MR) is 92.3 cm³/mol. The largest absolute Gasteiger partial charge is 0.335 e. The van der Waals surface area contributed by atoms with E-state index in [1.165, 1.54) is 17.3 Å². The quantitative estimate of drug-likeness (QED) is 0.851. The second-order valence-corrected chi connectivity index (χ2v) is 6.57. The third-order valence-electron chi connectivity index (χ3n) is 4.94. The summed E-state index contributed by atoms with van der Waals surface area (Å²) in [5.41, 5.74) is 3.64. The van der Waals surface area contributed by atoms with Crippen molar-refractivity contribution < 1.29 is 9.59 Å². The Labute approximate surface area is 146 Å². The highest BCUT2D eigenvalue weighted by Gasteiger charge is 2.24. The number of ketones is 1. The van der Waals surface area contributed by atoms with Gasteiger partial charge in [-0.1, -0.05) is 12.1 Å². The van der Waals surface area contributed by atoms with Gasteiger partial charge in [0.05, 0.1) is 6.20 Å². The molecule has 1 saturated heterocycles. The lowest BCUT2D eigenvalue weighted by molar-refractivity contribution is 0.0622. The van der Waals surface area contributed by atoms with Gasteiger partial charge in [0.1, 0.15) is 5.69 Å². The van der Waals surface area contributed by atoms with Crippen LogP contribution in [0.4, 0.5) is 0 Å². The monoisotopic (exact) mass is 336 g/mol. The first-order valence-corrected chi connectivity index (χ1v) is 8.63. The number of carbonyl (C=O) groups is 2. The maximum absolute atomic E-state index is 12.4. The lowest BCUT2D eigenvalue weighted by Gasteiger charge is -2.34. The number of hydrogen-bond donors (Lipinski definition) is 0. The molecule has 0 unspecified atom stereocenters. The third kappa shape index (κ3) is 3.30. The molecule has 0 bridgehead atoms. The number of carbonyl (C=O) groups excluding carboxylic acids is 2. The van der Waals surface area contributed by atoms with Gasteiger partial charge in [0.15, 0.2) is 5.78 Å². The smallest absolute Gasteiger partial charge is 0.274 e. The molecule has 1 aromatic carbocycles. The molecule has 1 aromatic heterocycles. The Bertz CT molecular complexity index is 798. The number of rotatable bonds is 3. The number of Topliss-reactive ketones (excluding diaryl/α,β-unsaturated/α-hetero) is 1. The van der Waals surface area contributed by atoms with Crippen LogP contribution in [0.15, 0.2) is 36.8 Å². The van der Waals surface area contributed by atoms with Crippen LogP contribution in [0.25, 0.3) is 0 Å². The van der Waals surface area contributed by atoms with Gasteiger partial charge in [0.25, 0.3) is 5.91 Å². The van der Waals surface area contributed by atoms with Crippen LogP contribution < -0.4 is 0 Å². The molecule has 0 radical (unpaired) electrons. The van der Waals surface area contributed by atoms with E-state index in [9.17, 15) is 9.59 Å². The SMILES string of the molecule is O=C1CCc2ccc(CN3CCN(C(=O)c4cnccn4)CC3)cc21. The van der Waals surface area contributed by atoms with Crippen molar-refractivity contribution in [3.8, 4) is 0 Å². The fourth-order valence-electron chi connectivity index (χ4n) is 3.52. The van der Waals surface area contributed by atoms with Gasteiger partial charge in [0, 0.05) is 57.1 Å². The summed E-state index contributed by atoms with van der Waals surface area (Å²) >= 11 is 0. The number of amides is 1. The van der Waals surface area contributed by atoms with Crippen LogP contribution >= 0.6 is 0 Å². The normalized spacial score (nSPS) is 17.6. The Morgan fingerprint density at radius 3 is 2.68 bits per heavy atom. The van der Waals surface area contributed by atoms with Gasteiger partial charge in [0.2, 0.25) is 0 Å². The molecule has 1 aliphatic carbocycles. The second kappa shape index (κ2) is 6.72. The molecular formula is C19H20N4O2. The number of fused-ring (bicyclic) bond motifs is 1. The fraction of sp³-hybridized carbons (Fsp3) is 0.368. The molecule has 1 amide bonds. The number of aryl methyl sites for hydroxylation is 1. The lowest BCUT2D eigenvalue weighted by atomic mass is 10.1. The maximum atomic E-state index is 12.4. The molecule has 1 fully saturated rings. The Hall–Kier alpha value is -2.60. The summed E-state index contributed by atoms with van der Waals surface area (Å²) in [5.74, 6) is 0.201. The Morgan fingerprint density at radius 1 is 1.08 bits per heavy atom. The van der Waals surface area contributed by atoms with E-state index < -0.39 is 0 Å². The van der Waals surface area contributed by atoms with E-state index in [4.69, 9.17) is 0 Å². The molecule has 0 atom stereocenters. The lowest BCUT2D eigenvalue weighted by Crippen LogP contribution is -2.48. The number of piperazine rings is 1. The zero-order valence-electron chi connectivity index (χ0n) is 14.0. The minimum absolute atomic E-state index is 0.0594. The molecule has 6 heteroatoms. The molecule has 0 N–H and O–H groups in total. The van der Waals surface area contributed by atoms with Gasteiger partial charge in [-0.05, 0) is 23.6 Å². The highest BCUT2D eigenvalue weighted by molar-refractivity contribution is 6.00. The molecule has 6 nitrogen and oxygen atoms in total. The molecule has 0 saturated carbocycles. The van der Waals surface area contributed by atoms with Gasteiger partial charge in [-0.15, -0.1) is 0 Å². The maximum Gasteiger partial charge on any atom is 0.274 e. The van der Waals surface area contributed by atoms with Crippen LogP contribution in [0.2, 0.25) is 0 Å². The molecule has 1 aliphatic heterocycles. The predicted octanol–water partition coefficient (Wildman–Crippen LogP) is 1.56. The van der Waals surface area contributed by atoms with Crippen molar-refractivity contribution in [2.24, 2.45) is 0 Å². The molecule has 2 heterocycles. The number of benzene rings is 1. The van der Waals surface area contributed by atoms with Gasteiger partial charge in [-0.2, -0.15) is 0 Å². The van der Waals surface area contributed by atoms with E-state index in [1.54, 1.807) is 12.4 Å². The molecule has 0 spiro atoms. The number of nitrogens with zero attached hydrogens (tertiary/aromatic N) is 4. The topological polar surface area (TPSA) is 66.4 Å². The molecule has 25 heavy (non-hydrogen) atoms. The summed E-state index contributed by atoms with van der Waals surface area (Å²) in [4.78, 5) is 36.5. The van der Waals surface area contributed by atoms with Crippen molar-refractivity contribution in [2.75, 3.05) is 26.2 Å². The Kier molecular flexibility index (Phi) is 4.28. The highest BCUT2D eigenvalue weighted by atomic mass is 16.2. The van der Waals surface area contributed by atoms with E-state index in [0.29, 0.717) is 25.2 Å². The van der Waals surface area contributed by atoms with Crippen LogP contribution in [0.3, 0.4) is 0 Å². The summed E-state index contributed by atoms with van der Waals surface area (Å²) in [6, 6.07) is 6.25. The van der Waals surface area contributed by atoms with Crippen molar-refractivity contribution in [3.05, 3.63) is 59.2 Å². The number of hydrogen-bond acceptors (Lipinski definition) is 5. The minimum atomic E-state index is -0.0594. The zero-order chi connectivity index (χ0) is 17.2. The van der Waals surface area contributed by atoms with Crippen molar-refractivity contribution in [1.82, 2.24) is 19.8 Å². The van der Waals surface area contributed by atoms with Gasteiger partial charge < -0.3 is 4.90 Å². The van der Waals surface area contributed by atoms with Crippen molar-refractivity contribution in [1.29, 1.82) is 0 Å². The molecule has 4 rings (SSSR count). The first-order chi connectivity index (χ1) is 12.2. The van der Waals surface area contributed by atoms with Crippen LogP contribution in [0.5, 0.6) is 0 Å². The summed E-state index contributed by atoms with van der Waals surface area (Å²) in [6.45, 7) is 3.81. The molecule has 128 valence electrons. The van der Waals surface area contributed by atoms with Gasteiger partial charge in [-0.3, -0.25) is 19.5 Å². The average molecular weight is 336 g/mol. The average Bonchev–Trinajstić information content (AvgIpc) is 3.03. The third-order valence-corrected chi connectivity index (χ3v) is 4.94. The fourth-order valence-corrected chi connectivity index (χ4v) is 3.52. The van der Waals surface area contributed by atoms with E-state index in [0.717, 1.165) is 31.6 Å².